The summed E-state index contributed by atoms with van der Waals surface area (Å²) in [4.78, 5) is 2.81. The lowest BCUT2D eigenvalue weighted by Crippen LogP contribution is -2.11. The van der Waals surface area contributed by atoms with Gasteiger partial charge in [-0.25, -0.2) is 0 Å². The molecule has 132 valence electrons. The van der Waals surface area contributed by atoms with Crippen LogP contribution in [0.15, 0.2) is 56.2 Å². The van der Waals surface area contributed by atoms with Gasteiger partial charge < -0.3 is 10.1 Å². The molecule has 0 fully saturated rings. The minimum Gasteiger partial charge on any atom is -0.493 e. The van der Waals surface area contributed by atoms with Crippen molar-refractivity contribution in [1.29, 1.82) is 0 Å². The van der Waals surface area contributed by atoms with E-state index in [0.29, 0.717) is 21.0 Å². The summed E-state index contributed by atoms with van der Waals surface area (Å²) in [6.07, 6.45) is 1.44. The Hall–Kier alpha value is -2.00. The van der Waals surface area contributed by atoms with E-state index in [1.807, 2.05) is 18.2 Å². The van der Waals surface area contributed by atoms with E-state index in [4.69, 9.17) is 35.4 Å². The smallest absolute Gasteiger partial charge is 0.234 e. The number of rotatable bonds is 3. The third-order valence-corrected chi connectivity index (χ3v) is 4.63. The highest BCUT2D eigenvalue weighted by Gasteiger charge is 2.10. The van der Waals surface area contributed by atoms with E-state index in [9.17, 15) is 5.11 Å². The van der Waals surface area contributed by atoms with E-state index in [1.54, 1.807) is 18.2 Å². The standard InChI is InChI=1S/C16H10BrCl2N5OS/c17-8-4-5-13-9(6-8)14(15(25)21-13)22-24-16(26)23-20-7-10-11(18)2-1-3-12(10)19/h1-7,21,25H,(H,23,26)/b20-7+,24-22?. The largest absolute Gasteiger partial charge is 0.493 e. The number of fused-ring (bicyclic) bond motifs is 1. The first-order valence-corrected chi connectivity index (χ1v) is 9.10. The first-order valence-electron chi connectivity index (χ1n) is 7.14. The van der Waals surface area contributed by atoms with Crippen LogP contribution in [0.4, 0.5) is 5.69 Å². The van der Waals surface area contributed by atoms with E-state index in [0.717, 1.165) is 9.99 Å². The molecule has 0 aliphatic rings. The number of aromatic nitrogens is 1. The molecule has 3 aromatic rings. The van der Waals surface area contributed by atoms with Crippen molar-refractivity contribution in [2.24, 2.45) is 15.3 Å². The van der Waals surface area contributed by atoms with Crippen LogP contribution in [0.25, 0.3) is 10.9 Å². The van der Waals surface area contributed by atoms with Crippen LogP contribution in [0.5, 0.6) is 5.88 Å². The molecule has 26 heavy (non-hydrogen) atoms. The maximum Gasteiger partial charge on any atom is 0.234 e. The first kappa shape index (κ1) is 18.8. The zero-order chi connectivity index (χ0) is 18.7. The van der Waals surface area contributed by atoms with E-state index in [2.05, 4.69) is 41.7 Å². The van der Waals surface area contributed by atoms with Crippen LogP contribution in [0.2, 0.25) is 10.0 Å². The minimum absolute atomic E-state index is 0.00757. The Balaban J connectivity index is 1.73. The number of nitrogens with zero attached hydrogens (tertiary/aromatic N) is 3. The number of hydrogen-bond acceptors (Lipinski definition) is 4. The molecule has 3 N–H and O–H groups in total. The molecular weight excluding hydrogens is 461 g/mol. The quantitative estimate of drug-likeness (QED) is 0.192. The predicted molar refractivity (Wildman–Crippen MR) is 112 cm³/mol. The maximum absolute atomic E-state index is 9.98. The van der Waals surface area contributed by atoms with Crippen LogP contribution in [-0.2, 0) is 0 Å². The van der Waals surface area contributed by atoms with Crippen molar-refractivity contribution in [2.75, 3.05) is 0 Å². The second kappa shape index (κ2) is 8.13. The Labute approximate surface area is 172 Å². The van der Waals surface area contributed by atoms with Gasteiger partial charge in [-0.15, -0.1) is 10.2 Å². The molecule has 0 bridgehead atoms. The highest BCUT2D eigenvalue weighted by atomic mass is 79.9. The molecule has 0 aliphatic carbocycles. The van der Waals surface area contributed by atoms with Crippen LogP contribution < -0.4 is 5.43 Å². The number of thiocarbonyl (C=S) groups is 1. The fourth-order valence-electron chi connectivity index (χ4n) is 2.14. The van der Waals surface area contributed by atoms with Crippen molar-refractivity contribution in [1.82, 2.24) is 10.4 Å². The third-order valence-electron chi connectivity index (χ3n) is 3.31. The summed E-state index contributed by atoms with van der Waals surface area (Å²) in [6, 6.07) is 10.6. The van der Waals surface area contributed by atoms with Gasteiger partial charge in [0.05, 0.1) is 21.8 Å². The lowest BCUT2D eigenvalue weighted by molar-refractivity contribution is 0.459. The topological polar surface area (TPSA) is 85.1 Å². The Morgan fingerprint density at radius 3 is 2.69 bits per heavy atom. The average Bonchev–Trinajstić information content (AvgIpc) is 2.90. The van der Waals surface area contributed by atoms with E-state index in [-0.39, 0.29) is 16.7 Å². The molecule has 1 aromatic heterocycles. The summed E-state index contributed by atoms with van der Waals surface area (Å²) in [5, 5.41) is 23.4. The normalized spacial score (nSPS) is 11.7. The van der Waals surface area contributed by atoms with Gasteiger partial charge >= 0.3 is 0 Å². The van der Waals surface area contributed by atoms with Gasteiger partial charge in [-0.05, 0) is 42.5 Å². The number of hydrogen-bond donors (Lipinski definition) is 3. The maximum atomic E-state index is 9.98. The van der Waals surface area contributed by atoms with Crippen LogP contribution in [0.3, 0.4) is 0 Å². The van der Waals surface area contributed by atoms with Crippen molar-refractivity contribution in [3.8, 4) is 5.88 Å². The Kier molecular flexibility index (Phi) is 5.87. The van der Waals surface area contributed by atoms with Gasteiger partial charge in [0.15, 0.2) is 5.69 Å². The summed E-state index contributed by atoms with van der Waals surface area (Å²) in [5.74, 6) is -0.101. The van der Waals surface area contributed by atoms with Crippen molar-refractivity contribution < 1.29 is 5.11 Å². The molecular formula is C16H10BrCl2N5OS. The van der Waals surface area contributed by atoms with Crippen LogP contribution in [0.1, 0.15) is 5.56 Å². The van der Waals surface area contributed by atoms with Gasteiger partial charge in [0, 0.05) is 15.4 Å². The summed E-state index contributed by atoms with van der Waals surface area (Å²) >= 11 is 20.5. The van der Waals surface area contributed by atoms with Crippen LogP contribution >= 0.6 is 51.3 Å². The minimum atomic E-state index is -0.101. The summed E-state index contributed by atoms with van der Waals surface area (Å²) in [6.45, 7) is 0. The number of aromatic hydroxyl groups is 1. The zero-order valence-corrected chi connectivity index (χ0v) is 16.8. The fraction of sp³-hybridized carbons (Fsp3) is 0. The van der Waals surface area contributed by atoms with Crippen molar-refractivity contribution >= 4 is 79.3 Å². The molecule has 1 heterocycles. The Morgan fingerprint density at radius 2 is 1.96 bits per heavy atom. The van der Waals surface area contributed by atoms with Gasteiger partial charge in [-0.2, -0.15) is 5.10 Å². The van der Waals surface area contributed by atoms with Crippen molar-refractivity contribution in [3.63, 3.8) is 0 Å². The number of azo groups is 1. The molecule has 0 saturated carbocycles. The summed E-state index contributed by atoms with van der Waals surface area (Å²) in [5.41, 5.74) is 4.11. The number of hydrazone groups is 1. The van der Waals surface area contributed by atoms with Gasteiger partial charge in [-0.3, -0.25) is 5.43 Å². The molecule has 0 atom stereocenters. The third kappa shape index (κ3) is 4.21. The molecule has 0 spiro atoms. The molecule has 0 radical (unpaired) electrons. The summed E-state index contributed by atoms with van der Waals surface area (Å²) < 4.78 is 0.849. The molecule has 2 aromatic carbocycles. The number of benzene rings is 2. The number of aromatic amines is 1. The lowest BCUT2D eigenvalue weighted by Gasteiger charge is -2.00. The average molecular weight is 471 g/mol. The number of halogens is 3. The van der Waals surface area contributed by atoms with Gasteiger partial charge in [-0.1, -0.05) is 45.2 Å². The SMILES string of the molecule is Oc1[nH]c2ccc(Br)cc2c1N=NC(=S)N/N=C/c1c(Cl)cccc1Cl. The molecule has 3 rings (SSSR count). The highest BCUT2D eigenvalue weighted by molar-refractivity contribution is 9.10. The molecule has 0 amide bonds. The van der Waals surface area contributed by atoms with E-state index >= 15 is 0 Å². The van der Waals surface area contributed by atoms with Crippen molar-refractivity contribution in [2.45, 2.75) is 0 Å². The predicted octanol–water partition coefficient (Wildman–Crippen LogP) is 5.94. The van der Waals surface area contributed by atoms with Crippen molar-refractivity contribution in [3.05, 3.63) is 56.5 Å². The fourth-order valence-corrected chi connectivity index (χ4v) is 3.09. The van der Waals surface area contributed by atoms with Crippen LogP contribution in [-0.4, -0.2) is 21.4 Å². The van der Waals surface area contributed by atoms with Gasteiger partial charge in [0.1, 0.15) is 0 Å². The molecule has 0 aliphatic heterocycles. The second-order valence-electron chi connectivity index (χ2n) is 5.02. The highest BCUT2D eigenvalue weighted by Crippen LogP contribution is 2.36. The molecule has 10 heteroatoms. The van der Waals surface area contributed by atoms with Crippen LogP contribution in [0, 0.1) is 0 Å². The number of H-pyrrole nitrogens is 1. The first-order chi connectivity index (χ1) is 12.5. The van der Waals surface area contributed by atoms with E-state index < -0.39 is 0 Å². The molecule has 6 nitrogen and oxygen atoms in total. The van der Waals surface area contributed by atoms with E-state index in [1.165, 1.54) is 6.21 Å². The molecule has 0 unspecified atom stereocenters. The Morgan fingerprint density at radius 1 is 1.23 bits per heavy atom. The Bertz CT molecular complexity index is 1030. The number of nitrogens with one attached hydrogen (secondary N) is 2. The second-order valence-corrected chi connectivity index (χ2v) is 7.14. The molecule has 0 saturated heterocycles. The van der Waals surface area contributed by atoms with Gasteiger partial charge in [0.2, 0.25) is 11.0 Å². The monoisotopic (exact) mass is 469 g/mol. The lowest BCUT2D eigenvalue weighted by atomic mass is 10.2. The van der Waals surface area contributed by atoms with Gasteiger partial charge in [0.25, 0.3) is 0 Å². The zero-order valence-electron chi connectivity index (χ0n) is 12.9. The summed E-state index contributed by atoms with van der Waals surface area (Å²) in [7, 11) is 0.